The predicted molar refractivity (Wildman–Crippen MR) is 82.9 cm³/mol. The van der Waals surface area contributed by atoms with Crippen LogP contribution in [0.3, 0.4) is 0 Å². The molecule has 0 atom stereocenters. The number of nitrogens with two attached hydrogens (primary N) is 2. The van der Waals surface area contributed by atoms with Crippen LogP contribution >= 0.6 is 0 Å². The number of benzene rings is 1. The molecule has 4 N–H and O–H groups in total. The Hall–Kier alpha value is -2.89. The molecule has 106 valence electrons. The number of hydrogen-bond donors (Lipinski definition) is 2. The van der Waals surface area contributed by atoms with Gasteiger partial charge in [0.15, 0.2) is 0 Å². The second-order valence-corrected chi connectivity index (χ2v) is 4.95. The Bertz CT molecular complexity index is 788. The van der Waals surface area contributed by atoms with E-state index in [-0.39, 0.29) is 5.95 Å². The van der Waals surface area contributed by atoms with E-state index < -0.39 is 0 Å². The van der Waals surface area contributed by atoms with Gasteiger partial charge in [-0.3, -0.25) is 0 Å². The predicted octanol–water partition coefficient (Wildman–Crippen LogP) is 2.11. The lowest BCUT2D eigenvalue weighted by Gasteiger charge is -2.09. The van der Waals surface area contributed by atoms with Gasteiger partial charge in [0.1, 0.15) is 5.82 Å². The molecular weight excluding hydrogens is 264 g/mol. The van der Waals surface area contributed by atoms with Crippen LogP contribution in [-0.4, -0.2) is 19.7 Å². The molecule has 0 bridgehead atoms. The van der Waals surface area contributed by atoms with Gasteiger partial charge in [-0.15, -0.1) is 0 Å². The second kappa shape index (κ2) is 4.90. The molecule has 6 heteroatoms. The fourth-order valence-electron chi connectivity index (χ4n) is 2.18. The van der Waals surface area contributed by atoms with E-state index in [2.05, 4.69) is 15.1 Å². The maximum Gasteiger partial charge on any atom is 0.221 e. The normalized spacial score (nSPS) is 10.8. The van der Waals surface area contributed by atoms with Crippen molar-refractivity contribution in [2.24, 2.45) is 0 Å². The van der Waals surface area contributed by atoms with E-state index in [1.54, 1.807) is 6.20 Å². The molecule has 0 aliphatic carbocycles. The van der Waals surface area contributed by atoms with Gasteiger partial charge >= 0.3 is 0 Å². The van der Waals surface area contributed by atoms with Crippen LogP contribution in [0, 0.1) is 13.8 Å². The van der Waals surface area contributed by atoms with Gasteiger partial charge in [-0.1, -0.05) is 17.7 Å². The topological polar surface area (TPSA) is 95.6 Å². The van der Waals surface area contributed by atoms with Crippen LogP contribution in [0.25, 0.3) is 16.9 Å². The van der Waals surface area contributed by atoms with Crippen molar-refractivity contribution < 1.29 is 0 Å². The van der Waals surface area contributed by atoms with E-state index in [1.165, 1.54) is 5.56 Å². The molecule has 0 saturated heterocycles. The van der Waals surface area contributed by atoms with Crippen LogP contribution in [0.15, 0.2) is 36.5 Å². The summed E-state index contributed by atoms with van der Waals surface area (Å²) in [6.45, 7) is 3.98. The van der Waals surface area contributed by atoms with Gasteiger partial charge in [-0.25, -0.2) is 9.67 Å². The molecule has 0 radical (unpaired) electrons. The Morgan fingerprint density at radius 3 is 2.43 bits per heavy atom. The smallest absolute Gasteiger partial charge is 0.221 e. The van der Waals surface area contributed by atoms with Crippen molar-refractivity contribution in [1.82, 2.24) is 19.7 Å². The molecule has 3 aromatic rings. The molecule has 2 aromatic heterocycles. The maximum atomic E-state index is 5.96. The highest BCUT2D eigenvalue weighted by Crippen LogP contribution is 2.27. The molecule has 3 rings (SSSR count). The number of aromatic nitrogens is 4. The number of rotatable bonds is 2. The van der Waals surface area contributed by atoms with Gasteiger partial charge in [-0.05, 0) is 32.0 Å². The average Bonchev–Trinajstić information content (AvgIpc) is 2.81. The minimum absolute atomic E-state index is 0.161. The Morgan fingerprint density at radius 2 is 1.76 bits per heavy atom. The molecule has 1 aromatic carbocycles. The molecule has 0 aliphatic heterocycles. The third-order valence-corrected chi connectivity index (χ3v) is 3.22. The zero-order valence-electron chi connectivity index (χ0n) is 11.9. The first-order valence-electron chi connectivity index (χ1n) is 6.56. The molecule has 0 amide bonds. The van der Waals surface area contributed by atoms with Gasteiger partial charge in [-0.2, -0.15) is 10.1 Å². The molecule has 0 fully saturated rings. The van der Waals surface area contributed by atoms with Gasteiger partial charge in [0.2, 0.25) is 5.95 Å². The van der Waals surface area contributed by atoms with Crippen LogP contribution in [-0.2, 0) is 0 Å². The molecule has 0 aliphatic rings. The highest BCUT2D eigenvalue weighted by molar-refractivity contribution is 5.72. The summed E-state index contributed by atoms with van der Waals surface area (Å²) < 4.78 is 1.83. The lowest BCUT2D eigenvalue weighted by Crippen LogP contribution is -2.04. The van der Waals surface area contributed by atoms with Crippen LogP contribution in [0.1, 0.15) is 11.3 Å². The molecule has 0 unspecified atom stereocenters. The van der Waals surface area contributed by atoms with Gasteiger partial charge in [0, 0.05) is 6.20 Å². The summed E-state index contributed by atoms with van der Waals surface area (Å²) >= 11 is 0. The number of hydrogen-bond acceptors (Lipinski definition) is 5. The van der Waals surface area contributed by atoms with Crippen molar-refractivity contribution in [3.05, 3.63) is 47.8 Å². The Kier molecular flexibility index (Phi) is 3.06. The van der Waals surface area contributed by atoms with Crippen molar-refractivity contribution in [3.63, 3.8) is 0 Å². The third kappa shape index (κ3) is 2.43. The summed E-state index contributed by atoms with van der Waals surface area (Å²) in [7, 11) is 0. The fraction of sp³-hybridized carbons (Fsp3) is 0.133. The van der Waals surface area contributed by atoms with E-state index in [9.17, 15) is 0 Å². The summed E-state index contributed by atoms with van der Waals surface area (Å²) in [6, 6.07) is 10.1. The van der Waals surface area contributed by atoms with Gasteiger partial charge in [0.25, 0.3) is 0 Å². The number of nitrogen functional groups attached to an aromatic ring is 2. The van der Waals surface area contributed by atoms with E-state index in [1.807, 2.05) is 48.9 Å². The number of nitrogens with zero attached hydrogens (tertiary/aromatic N) is 4. The van der Waals surface area contributed by atoms with E-state index >= 15 is 0 Å². The summed E-state index contributed by atoms with van der Waals surface area (Å²) in [5, 5.41) is 4.52. The second-order valence-electron chi connectivity index (χ2n) is 4.95. The summed E-state index contributed by atoms with van der Waals surface area (Å²) in [4.78, 5) is 8.03. The standard InChI is InChI=1S/C15H16N6/c1-9-3-5-11(6-4-9)21-13(7-10(2)20-21)12-8-18-15(17)19-14(12)16/h3-8H,1-2H3,(H4,16,17,18,19). The average molecular weight is 280 g/mol. The van der Waals surface area contributed by atoms with Gasteiger partial charge in [0.05, 0.1) is 22.6 Å². The third-order valence-electron chi connectivity index (χ3n) is 3.22. The molecule has 0 spiro atoms. The first-order chi connectivity index (χ1) is 10.0. The Labute approximate surface area is 122 Å². The van der Waals surface area contributed by atoms with Crippen LogP contribution in [0.5, 0.6) is 0 Å². The van der Waals surface area contributed by atoms with Crippen LogP contribution in [0.4, 0.5) is 11.8 Å². The quantitative estimate of drug-likeness (QED) is 0.749. The van der Waals surface area contributed by atoms with Crippen LogP contribution in [0.2, 0.25) is 0 Å². The first-order valence-corrected chi connectivity index (χ1v) is 6.56. The lowest BCUT2D eigenvalue weighted by molar-refractivity contribution is 0.868. The zero-order chi connectivity index (χ0) is 15.0. The SMILES string of the molecule is Cc1ccc(-n2nc(C)cc2-c2cnc(N)nc2N)cc1. The van der Waals surface area contributed by atoms with Crippen LogP contribution < -0.4 is 11.5 Å². The van der Waals surface area contributed by atoms with E-state index in [4.69, 9.17) is 11.5 Å². The lowest BCUT2D eigenvalue weighted by atomic mass is 10.2. The number of anilines is 2. The van der Waals surface area contributed by atoms with Crippen molar-refractivity contribution in [3.8, 4) is 16.9 Å². The minimum Gasteiger partial charge on any atom is -0.383 e. The highest BCUT2D eigenvalue weighted by atomic mass is 15.3. The van der Waals surface area contributed by atoms with Crippen molar-refractivity contribution in [2.45, 2.75) is 13.8 Å². The monoisotopic (exact) mass is 280 g/mol. The van der Waals surface area contributed by atoms with Crippen molar-refractivity contribution in [1.29, 1.82) is 0 Å². The largest absolute Gasteiger partial charge is 0.383 e. The zero-order valence-corrected chi connectivity index (χ0v) is 11.9. The first kappa shape index (κ1) is 13.1. The molecule has 6 nitrogen and oxygen atoms in total. The molecule has 2 heterocycles. The molecule has 0 saturated carbocycles. The fourth-order valence-corrected chi connectivity index (χ4v) is 2.18. The summed E-state index contributed by atoms with van der Waals surface area (Å²) in [5.74, 6) is 0.505. The van der Waals surface area contributed by atoms with Gasteiger partial charge < -0.3 is 11.5 Å². The highest BCUT2D eigenvalue weighted by Gasteiger charge is 2.14. The Balaban J connectivity index is 2.17. The maximum absolute atomic E-state index is 5.96. The summed E-state index contributed by atoms with van der Waals surface area (Å²) in [5.41, 5.74) is 16.1. The molecular formula is C15H16N6. The Morgan fingerprint density at radius 1 is 1.05 bits per heavy atom. The molecule has 21 heavy (non-hydrogen) atoms. The summed E-state index contributed by atoms with van der Waals surface area (Å²) in [6.07, 6.45) is 1.62. The number of aryl methyl sites for hydroxylation is 2. The minimum atomic E-state index is 0.161. The van der Waals surface area contributed by atoms with Crippen molar-refractivity contribution in [2.75, 3.05) is 11.5 Å². The van der Waals surface area contributed by atoms with E-state index in [0.29, 0.717) is 11.4 Å². The van der Waals surface area contributed by atoms with Crippen molar-refractivity contribution >= 4 is 11.8 Å². The van der Waals surface area contributed by atoms with E-state index in [0.717, 1.165) is 17.1 Å².